The summed E-state index contributed by atoms with van der Waals surface area (Å²) >= 11 is 1.38. The molecule has 2 aromatic rings. The summed E-state index contributed by atoms with van der Waals surface area (Å²) in [4.78, 5) is 24.6. The van der Waals surface area contributed by atoms with Crippen LogP contribution >= 0.6 is 11.8 Å². The summed E-state index contributed by atoms with van der Waals surface area (Å²) in [6.07, 6.45) is 4.23. The molecule has 1 unspecified atom stereocenters. The van der Waals surface area contributed by atoms with Gasteiger partial charge in [0.15, 0.2) is 0 Å². The summed E-state index contributed by atoms with van der Waals surface area (Å²) in [6.45, 7) is 3.88. The maximum atomic E-state index is 12.5. The van der Waals surface area contributed by atoms with Crippen molar-refractivity contribution in [2.24, 2.45) is 0 Å². The Hall–Kier alpha value is -2.27. The van der Waals surface area contributed by atoms with E-state index in [1.165, 1.54) is 17.3 Å². The van der Waals surface area contributed by atoms with E-state index in [4.69, 9.17) is 0 Å². The van der Waals surface area contributed by atoms with E-state index in [0.29, 0.717) is 5.92 Å². The number of thioether (sulfide) groups is 1. The Bertz CT molecular complexity index is 799. The number of amides is 2. The monoisotopic (exact) mass is 410 g/mol. The molecule has 29 heavy (non-hydrogen) atoms. The molecule has 0 heterocycles. The van der Waals surface area contributed by atoms with Crippen molar-refractivity contribution in [2.75, 3.05) is 11.1 Å². The highest BCUT2D eigenvalue weighted by Crippen LogP contribution is 2.32. The molecule has 1 atom stereocenters. The third-order valence-electron chi connectivity index (χ3n) is 5.51. The number of nitrogens with one attached hydrogen (secondary N) is 2. The summed E-state index contributed by atoms with van der Waals surface area (Å²) < 4.78 is 0. The van der Waals surface area contributed by atoms with Gasteiger partial charge in [-0.25, -0.2) is 0 Å². The van der Waals surface area contributed by atoms with Gasteiger partial charge in [-0.1, -0.05) is 48.0 Å². The third-order valence-corrected chi connectivity index (χ3v) is 6.66. The molecule has 4 nitrogen and oxygen atoms in total. The van der Waals surface area contributed by atoms with Crippen LogP contribution in [0.1, 0.15) is 49.7 Å². The molecule has 1 saturated carbocycles. The molecule has 154 valence electrons. The van der Waals surface area contributed by atoms with Gasteiger partial charge < -0.3 is 10.6 Å². The van der Waals surface area contributed by atoms with Gasteiger partial charge in [-0.2, -0.15) is 0 Å². The number of carbonyl (C=O) groups is 2. The Kier molecular flexibility index (Phi) is 7.76. The SMILES string of the molecule is Cc1ccc(NC(=O)CSC(C)C(=O)NC2CCC(c3ccccc3)CC2)cc1. The minimum Gasteiger partial charge on any atom is -0.352 e. The molecular weight excluding hydrogens is 380 g/mol. The van der Waals surface area contributed by atoms with Gasteiger partial charge in [0.25, 0.3) is 0 Å². The van der Waals surface area contributed by atoms with E-state index in [9.17, 15) is 9.59 Å². The second-order valence-electron chi connectivity index (χ2n) is 7.84. The highest BCUT2D eigenvalue weighted by Gasteiger charge is 2.25. The highest BCUT2D eigenvalue weighted by atomic mass is 32.2. The van der Waals surface area contributed by atoms with Crippen molar-refractivity contribution in [1.29, 1.82) is 0 Å². The molecule has 2 amide bonds. The minimum atomic E-state index is -0.245. The number of aryl methyl sites for hydroxylation is 1. The molecule has 2 aromatic carbocycles. The molecular formula is C24H30N2O2S. The standard InChI is InChI=1S/C24H30N2O2S/c1-17-8-12-21(13-9-17)25-23(27)16-29-18(2)24(28)26-22-14-10-20(11-15-22)19-6-4-3-5-7-19/h3-9,12-13,18,20,22H,10-11,14-16H2,1-2H3,(H,25,27)(H,26,28). The first-order valence-corrected chi connectivity index (χ1v) is 11.4. The number of rotatable bonds is 7. The maximum absolute atomic E-state index is 12.5. The molecule has 0 saturated heterocycles. The summed E-state index contributed by atoms with van der Waals surface area (Å²) in [5.74, 6) is 0.813. The molecule has 0 spiro atoms. The van der Waals surface area contributed by atoms with Crippen molar-refractivity contribution in [3.63, 3.8) is 0 Å². The molecule has 1 fully saturated rings. The number of anilines is 1. The number of hydrogen-bond donors (Lipinski definition) is 2. The molecule has 0 aromatic heterocycles. The van der Waals surface area contributed by atoms with Crippen LogP contribution in [-0.2, 0) is 9.59 Å². The third kappa shape index (κ3) is 6.64. The van der Waals surface area contributed by atoms with Crippen LogP contribution in [0.25, 0.3) is 0 Å². The summed E-state index contributed by atoms with van der Waals surface area (Å²) in [5.41, 5.74) is 3.34. The lowest BCUT2D eigenvalue weighted by Gasteiger charge is -2.30. The Morgan fingerprint density at radius 1 is 1.00 bits per heavy atom. The van der Waals surface area contributed by atoms with Crippen molar-refractivity contribution in [3.05, 3.63) is 65.7 Å². The van der Waals surface area contributed by atoms with Gasteiger partial charge in [-0.05, 0) is 63.1 Å². The maximum Gasteiger partial charge on any atom is 0.234 e. The van der Waals surface area contributed by atoms with E-state index >= 15 is 0 Å². The molecule has 1 aliphatic rings. The molecule has 5 heteroatoms. The Morgan fingerprint density at radius 3 is 2.31 bits per heavy atom. The predicted molar refractivity (Wildman–Crippen MR) is 121 cm³/mol. The van der Waals surface area contributed by atoms with Crippen molar-refractivity contribution < 1.29 is 9.59 Å². The Balaban J connectivity index is 1.37. The summed E-state index contributed by atoms with van der Waals surface area (Å²) in [5, 5.41) is 5.81. The minimum absolute atomic E-state index is 0.0290. The van der Waals surface area contributed by atoms with Crippen molar-refractivity contribution >= 4 is 29.3 Å². The highest BCUT2D eigenvalue weighted by molar-refractivity contribution is 8.01. The molecule has 0 bridgehead atoms. The second-order valence-corrected chi connectivity index (χ2v) is 9.16. The van der Waals surface area contributed by atoms with Gasteiger partial charge in [-0.15, -0.1) is 11.8 Å². The number of hydrogen-bond acceptors (Lipinski definition) is 3. The van der Waals surface area contributed by atoms with Gasteiger partial charge in [0.1, 0.15) is 0 Å². The Labute approximate surface area is 177 Å². The van der Waals surface area contributed by atoms with Crippen LogP contribution in [0.5, 0.6) is 0 Å². The van der Waals surface area contributed by atoms with E-state index in [-0.39, 0.29) is 28.9 Å². The van der Waals surface area contributed by atoms with Crippen LogP contribution in [-0.4, -0.2) is 28.9 Å². The average molecular weight is 411 g/mol. The van der Waals surface area contributed by atoms with Gasteiger partial charge in [0.05, 0.1) is 11.0 Å². The van der Waals surface area contributed by atoms with Crippen LogP contribution in [0, 0.1) is 6.92 Å². The normalized spacial score (nSPS) is 19.9. The van der Waals surface area contributed by atoms with E-state index in [1.807, 2.05) is 38.1 Å². The Morgan fingerprint density at radius 2 is 1.66 bits per heavy atom. The van der Waals surface area contributed by atoms with Crippen LogP contribution in [0.2, 0.25) is 0 Å². The molecule has 0 aliphatic heterocycles. The first kappa shape index (κ1) is 21.4. The molecule has 2 N–H and O–H groups in total. The van der Waals surface area contributed by atoms with Gasteiger partial charge >= 0.3 is 0 Å². The van der Waals surface area contributed by atoms with Crippen molar-refractivity contribution in [3.8, 4) is 0 Å². The second kappa shape index (κ2) is 10.5. The van der Waals surface area contributed by atoms with Crippen molar-refractivity contribution in [1.82, 2.24) is 5.32 Å². The van der Waals surface area contributed by atoms with Crippen LogP contribution < -0.4 is 10.6 Å². The molecule has 3 rings (SSSR count). The van der Waals surface area contributed by atoms with Gasteiger partial charge in [-0.3, -0.25) is 9.59 Å². The lowest BCUT2D eigenvalue weighted by molar-refractivity contribution is -0.121. The van der Waals surface area contributed by atoms with E-state index < -0.39 is 0 Å². The lowest BCUT2D eigenvalue weighted by Crippen LogP contribution is -2.41. The van der Waals surface area contributed by atoms with Gasteiger partial charge in [0.2, 0.25) is 11.8 Å². The first-order chi connectivity index (χ1) is 14.0. The van der Waals surface area contributed by atoms with Crippen molar-refractivity contribution in [2.45, 2.75) is 56.7 Å². The number of carbonyl (C=O) groups excluding carboxylic acids is 2. The summed E-state index contributed by atoms with van der Waals surface area (Å²) in [6, 6.07) is 18.6. The molecule has 0 radical (unpaired) electrons. The zero-order chi connectivity index (χ0) is 20.6. The molecule has 1 aliphatic carbocycles. The quantitative estimate of drug-likeness (QED) is 0.683. The lowest BCUT2D eigenvalue weighted by atomic mass is 9.82. The van der Waals surface area contributed by atoms with E-state index in [0.717, 1.165) is 36.9 Å². The smallest absolute Gasteiger partial charge is 0.234 e. The largest absolute Gasteiger partial charge is 0.352 e. The van der Waals surface area contributed by atoms with Crippen LogP contribution in [0.15, 0.2) is 54.6 Å². The first-order valence-electron chi connectivity index (χ1n) is 10.3. The van der Waals surface area contributed by atoms with Crippen LogP contribution in [0.3, 0.4) is 0 Å². The zero-order valence-electron chi connectivity index (χ0n) is 17.2. The fourth-order valence-electron chi connectivity index (χ4n) is 3.73. The fraction of sp³-hybridized carbons (Fsp3) is 0.417. The average Bonchev–Trinajstić information content (AvgIpc) is 2.75. The van der Waals surface area contributed by atoms with E-state index in [1.54, 1.807) is 0 Å². The number of benzene rings is 2. The fourth-order valence-corrected chi connectivity index (χ4v) is 4.42. The zero-order valence-corrected chi connectivity index (χ0v) is 18.0. The topological polar surface area (TPSA) is 58.2 Å². The van der Waals surface area contributed by atoms with Gasteiger partial charge in [0, 0.05) is 11.7 Å². The van der Waals surface area contributed by atoms with Crippen LogP contribution in [0.4, 0.5) is 5.69 Å². The predicted octanol–water partition coefficient (Wildman–Crippen LogP) is 4.90. The van der Waals surface area contributed by atoms with E-state index in [2.05, 4.69) is 41.0 Å². The summed E-state index contributed by atoms with van der Waals surface area (Å²) in [7, 11) is 0.